The summed E-state index contributed by atoms with van der Waals surface area (Å²) in [5.41, 5.74) is 0. The molecule has 0 aliphatic carbocycles. The average molecular weight is 171 g/mol. The van der Waals surface area contributed by atoms with Crippen LogP contribution in [0.2, 0.25) is 0 Å². The molecule has 0 N–H and O–H groups in total. The van der Waals surface area contributed by atoms with E-state index in [0.717, 1.165) is 0 Å². The highest BCUT2D eigenvalue weighted by molar-refractivity contribution is 7.89. The lowest BCUT2D eigenvalue weighted by Gasteiger charge is -1.96. The van der Waals surface area contributed by atoms with Gasteiger partial charge in [0.1, 0.15) is 0 Å². The third kappa shape index (κ3) is 1.75. The summed E-state index contributed by atoms with van der Waals surface area (Å²) in [5, 5.41) is -0.0116. The van der Waals surface area contributed by atoms with Crippen LogP contribution in [0.1, 0.15) is 0 Å². The molecule has 1 rings (SSSR count). The fourth-order valence-corrected chi connectivity index (χ4v) is 1.22. The van der Waals surface area contributed by atoms with E-state index in [2.05, 4.69) is 9.71 Å². The van der Waals surface area contributed by atoms with Gasteiger partial charge in [-0.1, -0.05) is 6.07 Å². The molecule has 5 heteroatoms. The van der Waals surface area contributed by atoms with Crippen molar-refractivity contribution < 1.29 is 8.42 Å². The van der Waals surface area contributed by atoms with Crippen molar-refractivity contribution in [1.29, 1.82) is 0 Å². The minimum atomic E-state index is -3.48. The van der Waals surface area contributed by atoms with Gasteiger partial charge in [0.25, 0.3) is 10.0 Å². The second-order valence-corrected chi connectivity index (χ2v) is 3.56. The summed E-state index contributed by atoms with van der Waals surface area (Å²) in [6, 6.07) is 4.65. The van der Waals surface area contributed by atoms with E-state index in [1.54, 1.807) is 12.1 Å². The highest BCUT2D eigenvalue weighted by Gasteiger charge is 2.12. The number of aromatic nitrogens is 1. The lowest BCUT2D eigenvalue weighted by Crippen LogP contribution is -2.12. The smallest absolute Gasteiger partial charge is 0.243 e. The summed E-state index contributed by atoms with van der Waals surface area (Å²) in [6.07, 6.45) is 1.41. The average Bonchev–Trinajstić information content (AvgIpc) is 2.06. The van der Waals surface area contributed by atoms with Gasteiger partial charge in [-0.15, -0.1) is 4.72 Å². The number of rotatable bonds is 2. The van der Waals surface area contributed by atoms with Crippen LogP contribution in [0, 0.1) is 0 Å². The number of hydrogen-bond acceptors (Lipinski definition) is 3. The topological polar surface area (TPSA) is 61.1 Å². The van der Waals surface area contributed by atoms with Crippen molar-refractivity contribution in [2.75, 3.05) is 7.05 Å². The maximum absolute atomic E-state index is 11.0. The van der Waals surface area contributed by atoms with Crippen LogP contribution in [0.4, 0.5) is 0 Å². The van der Waals surface area contributed by atoms with Gasteiger partial charge in [-0.05, 0) is 12.1 Å². The number of nitrogens with zero attached hydrogens (tertiary/aromatic N) is 2. The second kappa shape index (κ2) is 2.98. The third-order valence-corrected chi connectivity index (χ3v) is 2.39. The number of hydrogen-bond donors (Lipinski definition) is 0. The van der Waals surface area contributed by atoms with Crippen LogP contribution in [0.5, 0.6) is 0 Å². The Kier molecular flexibility index (Phi) is 2.21. The molecule has 0 aliphatic heterocycles. The molecule has 0 bridgehead atoms. The van der Waals surface area contributed by atoms with E-state index in [1.807, 2.05) is 0 Å². The first-order chi connectivity index (χ1) is 5.17. The minimum Gasteiger partial charge on any atom is -0.243 e. The summed E-state index contributed by atoms with van der Waals surface area (Å²) < 4.78 is 25.1. The van der Waals surface area contributed by atoms with Crippen molar-refractivity contribution >= 4 is 10.0 Å². The molecule has 0 aromatic carbocycles. The normalized spacial score (nSPS) is 11.4. The Morgan fingerprint density at radius 2 is 2.18 bits per heavy atom. The summed E-state index contributed by atoms with van der Waals surface area (Å²) in [5.74, 6) is 0. The molecule has 1 aromatic heterocycles. The molecule has 1 radical (unpaired) electrons. The van der Waals surface area contributed by atoms with Crippen LogP contribution in [-0.4, -0.2) is 20.4 Å². The van der Waals surface area contributed by atoms with Gasteiger partial charge in [0, 0.05) is 13.2 Å². The molecule has 11 heavy (non-hydrogen) atoms. The van der Waals surface area contributed by atoms with Crippen molar-refractivity contribution in [3.05, 3.63) is 24.4 Å². The predicted octanol–water partition coefficient (Wildman–Crippen LogP) is 0.00450. The van der Waals surface area contributed by atoms with E-state index in [4.69, 9.17) is 0 Å². The number of pyridine rings is 1. The van der Waals surface area contributed by atoms with Gasteiger partial charge >= 0.3 is 0 Å². The predicted molar refractivity (Wildman–Crippen MR) is 39.5 cm³/mol. The zero-order valence-corrected chi connectivity index (χ0v) is 6.75. The lowest BCUT2D eigenvalue weighted by molar-refractivity contribution is 0.583. The van der Waals surface area contributed by atoms with Crippen LogP contribution in [0.3, 0.4) is 0 Å². The fraction of sp³-hybridized carbons (Fsp3) is 0.167. The van der Waals surface area contributed by atoms with Crippen molar-refractivity contribution in [3.8, 4) is 0 Å². The molecule has 0 unspecified atom stereocenters. The Labute approximate surface area is 65.3 Å². The van der Waals surface area contributed by atoms with Crippen LogP contribution >= 0.6 is 0 Å². The van der Waals surface area contributed by atoms with Gasteiger partial charge in [-0.25, -0.2) is 13.4 Å². The SMILES string of the molecule is C[N]S(=O)(=O)c1ccccn1. The van der Waals surface area contributed by atoms with E-state index in [9.17, 15) is 8.42 Å². The molecule has 59 valence electrons. The molecule has 0 atom stereocenters. The van der Waals surface area contributed by atoms with Crippen LogP contribution in [0.25, 0.3) is 0 Å². The van der Waals surface area contributed by atoms with Crippen LogP contribution in [0.15, 0.2) is 29.4 Å². The molecule has 0 amide bonds. The van der Waals surface area contributed by atoms with E-state index in [0.29, 0.717) is 0 Å². The van der Waals surface area contributed by atoms with Crippen molar-refractivity contribution in [3.63, 3.8) is 0 Å². The zero-order chi connectivity index (χ0) is 8.32. The molecule has 0 fully saturated rings. The Morgan fingerprint density at radius 3 is 2.64 bits per heavy atom. The van der Waals surface area contributed by atoms with Gasteiger partial charge in [0.2, 0.25) is 0 Å². The molecule has 1 aromatic rings. The van der Waals surface area contributed by atoms with Gasteiger partial charge in [-0.2, -0.15) is 0 Å². The quantitative estimate of drug-likeness (QED) is 0.629. The maximum atomic E-state index is 11.0. The van der Waals surface area contributed by atoms with E-state index >= 15 is 0 Å². The molecule has 0 saturated heterocycles. The number of sulfonamides is 1. The first kappa shape index (κ1) is 8.16. The molecule has 0 spiro atoms. The molecule has 4 nitrogen and oxygen atoms in total. The van der Waals surface area contributed by atoms with Gasteiger partial charge in [-0.3, -0.25) is 0 Å². The highest BCUT2D eigenvalue weighted by Crippen LogP contribution is 2.02. The fourth-order valence-electron chi connectivity index (χ4n) is 0.593. The molecule has 0 saturated carbocycles. The largest absolute Gasteiger partial charge is 0.274 e. The zero-order valence-electron chi connectivity index (χ0n) is 5.93. The Morgan fingerprint density at radius 1 is 1.45 bits per heavy atom. The van der Waals surface area contributed by atoms with Gasteiger partial charge < -0.3 is 0 Å². The summed E-state index contributed by atoms with van der Waals surface area (Å²) in [7, 11) is -2.26. The molecule has 1 heterocycles. The molecular weight excluding hydrogens is 164 g/mol. The summed E-state index contributed by atoms with van der Waals surface area (Å²) in [4.78, 5) is 3.64. The third-order valence-electron chi connectivity index (χ3n) is 1.14. The lowest BCUT2D eigenvalue weighted by atomic mass is 10.5. The maximum Gasteiger partial charge on any atom is 0.274 e. The van der Waals surface area contributed by atoms with Crippen molar-refractivity contribution in [1.82, 2.24) is 9.71 Å². The first-order valence-corrected chi connectivity index (χ1v) is 4.38. The van der Waals surface area contributed by atoms with Gasteiger partial charge in [0.15, 0.2) is 5.03 Å². The Bertz CT molecular complexity index is 320. The first-order valence-electron chi connectivity index (χ1n) is 2.94. The minimum absolute atomic E-state index is 0.0116. The van der Waals surface area contributed by atoms with E-state index in [-0.39, 0.29) is 5.03 Å². The van der Waals surface area contributed by atoms with E-state index in [1.165, 1.54) is 19.3 Å². The molecular formula is C6H7N2O2S. The van der Waals surface area contributed by atoms with Crippen molar-refractivity contribution in [2.45, 2.75) is 5.03 Å². The summed E-state index contributed by atoms with van der Waals surface area (Å²) in [6.45, 7) is 0. The standard InChI is InChI=1S/C6H7N2O2S/c1-7-11(9,10)6-4-2-3-5-8-6/h2-5H,1H3. The Hall–Kier alpha value is -0.940. The van der Waals surface area contributed by atoms with Crippen molar-refractivity contribution in [2.24, 2.45) is 0 Å². The Balaban J connectivity index is 3.14. The monoisotopic (exact) mass is 171 g/mol. The molecule has 0 aliphatic rings. The van der Waals surface area contributed by atoms with E-state index < -0.39 is 10.0 Å². The van der Waals surface area contributed by atoms with Crippen LogP contribution < -0.4 is 4.72 Å². The van der Waals surface area contributed by atoms with Crippen LogP contribution in [-0.2, 0) is 10.0 Å². The highest BCUT2D eigenvalue weighted by atomic mass is 32.2. The van der Waals surface area contributed by atoms with Gasteiger partial charge in [0.05, 0.1) is 0 Å². The summed E-state index contributed by atoms with van der Waals surface area (Å²) >= 11 is 0. The second-order valence-electron chi connectivity index (χ2n) is 1.83.